The third-order valence-electron chi connectivity index (χ3n) is 1.97. The van der Waals surface area contributed by atoms with E-state index in [2.05, 4.69) is 20.9 Å². The van der Waals surface area contributed by atoms with E-state index >= 15 is 0 Å². The molecule has 0 saturated heterocycles. The first-order chi connectivity index (χ1) is 7.70. The number of nitrogens with zero attached hydrogens (tertiary/aromatic N) is 2. The van der Waals surface area contributed by atoms with Gasteiger partial charge in [0.15, 0.2) is 0 Å². The fraction of sp³-hybridized carbons (Fsp3) is 0.0909. The van der Waals surface area contributed by atoms with Crippen molar-refractivity contribution in [1.82, 2.24) is 4.98 Å². The summed E-state index contributed by atoms with van der Waals surface area (Å²) in [4.78, 5) is 4.21. The highest BCUT2D eigenvalue weighted by molar-refractivity contribution is 9.10. The summed E-state index contributed by atoms with van der Waals surface area (Å²) in [5.41, 5.74) is 1.14. The topological polar surface area (TPSA) is 36.7 Å². The van der Waals surface area contributed by atoms with Gasteiger partial charge < -0.3 is 0 Å². The lowest BCUT2D eigenvalue weighted by Crippen LogP contribution is -1.85. The van der Waals surface area contributed by atoms with Crippen LogP contribution in [0.25, 0.3) is 10.6 Å². The fourth-order valence-electron chi connectivity index (χ4n) is 1.25. The van der Waals surface area contributed by atoms with Crippen molar-refractivity contribution in [2.45, 2.75) is 6.42 Å². The van der Waals surface area contributed by atoms with Crippen LogP contribution in [0.5, 0.6) is 0 Å². The number of thiazole rings is 1. The Kier molecular flexibility index (Phi) is 3.32. The standard InChI is InChI=1S/C11H6BrFN2S/c12-7-1-2-10(13)9(5-7)11-15-8(3-4-14)6-16-11/h1-2,5-6H,3H2. The van der Waals surface area contributed by atoms with Crippen LogP contribution in [-0.2, 0) is 6.42 Å². The Labute approximate surface area is 105 Å². The van der Waals surface area contributed by atoms with Crippen molar-refractivity contribution in [2.24, 2.45) is 0 Å². The minimum absolute atomic E-state index is 0.256. The minimum Gasteiger partial charge on any atom is -0.240 e. The van der Waals surface area contributed by atoms with Gasteiger partial charge in [0.25, 0.3) is 0 Å². The molecule has 2 aromatic rings. The zero-order valence-electron chi connectivity index (χ0n) is 8.08. The molecule has 0 fully saturated rings. The summed E-state index contributed by atoms with van der Waals surface area (Å²) in [5, 5.41) is 10.9. The first kappa shape index (κ1) is 11.2. The summed E-state index contributed by atoms with van der Waals surface area (Å²) in [7, 11) is 0. The van der Waals surface area contributed by atoms with Crippen molar-refractivity contribution in [3.8, 4) is 16.6 Å². The lowest BCUT2D eigenvalue weighted by molar-refractivity contribution is 0.631. The normalized spacial score (nSPS) is 10.1. The van der Waals surface area contributed by atoms with E-state index < -0.39 is 0 Å². The van der Waals surface area contributed by atoms with E-state index in [0.29, 0.717) is 16.3 Å². The second kappa shape index (κ2) is 4.73. The second-order valence-electron chi connectivity index (χ2n) is 3.10. The van der Waals surface area contributed by atoms with Gasteiger partial charge in [-0.1, -0.05) is 15.9 Å². The Bertz CT molecular complexity index is 559. The molecule has 0 unspecified atom stereocenters. The van der Waals surface area contributed by atoms with Gasteiger partial charge in [0, 0.05) is 15.4 Å². The van der Waals surface area contributed by atoms with Gasteiger partial charge in [0.1, 0.15) is 10.8 Å². The van der Waals surface area contributed by atoms with Gasteiger partial charge in [-0.15, -0.1) is 11.3 Å². The Morgan fingerprint density at radius 3 is 3.06 bits per heavy atom. The van der Waals surface area contributed by atoms with Crippen LogP contribution in [0.4, 0.5) is 4.39 Å². The van der Waals surface area contributed by atoms with Gasteiger partial charge in [-0.25, -0.2) is 9.37 Å². The highest BCUT2D eigenvalue weighted by atomic mass is 79.9. The van der Waals surface area contributed by atoms with E-state index in [0.717, 1.165) is 4.47 Å². The molecule has 16 heavy (non-hydrogen) atoms. The molecule has 2 rings (SSSR count). The molecule has 1 aromatic heterocycles. The molecule has 0 aliphatic carbocycles. The quantitative estimate of drug-likeness (QED) is 0.846. The smallest absolute Gasteiger partial charge is 0.133 e. The molecule has 1 aromatic carbocycles. The van der Waals surface area contributed by atoms with Crippen LogP contribution in [0.1, 0.15) is 5.69 Å². The highest BCUT2D eigenvalue weighted by Crippen LogP contribution is 2.28. The monoisotopic (exact) mass is 296 g/mol. The average molecular weight is 297 g/mol. The predicted molar refractivity (Wildman–Crippen MR) is 64.5 cm³/mol. The summed E-state index contributed by atoms with van der Waals surface area (Å²) in [6.45, 7) is 0. The van der Waals surface area contributed by atoms with Crippen molar-refractivity contribution < 1.29 is 4.39 Å². The van der Waals surface area contributed by atoms with Gasteiger partial charge >= 0.3 is 0 Å². The van der Waals surface area contributed by atoms with E-state index in [1.54, 1.807) is 17.5 Å². The van der Waals surface area contributed by atoms with Crippen LogP contribution in [0.15, 0.2) is 28.1 Å². The number of aromatic nitrogens is 1. The second-order valence-corrected chi connectivity index (χ2v) is 4.88. The predicted octanol–water partition coefficient (Wildman–Crippen LogP) is 3.78. The molecule has 0 atom stereocenters. The van der Waals surface area contributed by atoms with Crippen molar-refractivity contribution >= 4 is 27.3 Å². The average Bonchev–Trinajstić information content (AvgIpc) is 2.71. The van der Waals surface area contributed by atoms with Crippen LogP contribution in [-0.4, -0.2) is 4.98 Å². The zero-order valence-corrected chi connectivity index (χ0v) is 10.5. The van der Waals surface area contributed by atoms with Crippen molar-refractivity contribution in [3.63, 3.8) is 0 Å². The third kappa shape index (κ3) is 2.29. The molecule has 1 heterocycles. The van der Waals surface area contributed by atoms with E-state index in [1.807, 2.05) is 6.07 Å². The fourth-order valence-corrected chi connectivity index (χ4v) is 2.45. The SMILES string of the molecule is N#CCc1csc(-c2cc(Br)ccc2F)n1. The largest absolute Gasteiger partial charge is 0.240 e. The van der Waals surface area contributed by atoms with Gasteiger partial charge in [-0.05, 0) is 18.2 Å². The molecule has 0 aliphatic rings. The maximum absolute atomic E-state index is 13.5. The minimum atomic E-state index is -0.305. The van der Waals surface area contributed by atoms with Crippen LogP contribution >= 0.6 is 27.3 Å². The molecule has 2 nitrogen and oxygen atoms in total. The molecule has 80 valence electrons. The Morgan fingerprint density at radius 1 is 1.50 bits per heavy atom. The number of hydrogen-bond donors (Lipinski definition) is 0. The first-order valence-electron chi connectivity index (χ1n) is 4.47. The summed E-state index contributed by atoms with van der Waals surface area (Å²) in [5.74, 6) is -0.305. The molecular weight excluding hydrogens is 291 g/mol. The van der Waals surface area contributed by atoms with Crippen molar-refractivity contribution in [1.29, 1.82) is 5.26 Å². The van der Waals surface area contributed by atoms with Crippen molar-refractivity contribution in [2.75, 3.05) is 0 Å². The molecule has 0 radical (unpaired) electrons. The van der Waals surface area contributed by atoms with Crippen LogP contribution in [0.2, 0.25) is 0 Å². The Hall–Kier alpha value is -1.25. The summed E-state index contributed by atoms with van der Waals surface area (Å²) < 4.78 is 14.3. The molecule has 0 amide bonds. The van der Waals surface area contributed by atoms with Crippen LogP contribution in [0.3, 0.4) is 0 Å². The van der Waals surface area contributed by atoms with Gasteiger partial charge in [-0.2, -0.15) is 5.26 Å². The molecule has 0 saturated carbocycles. The highest BCUT2D eigenvalue weighted by Gasteiger charge is 2.10. The summed E-state index contributed by atoms with van der Waals surface area (Å²) in [6, 6.07) is 6.74. The number of hydrogen-bond acceptors (Lipinski definition) is 3. The summed E-state index contributed by atoms with van der Waals surface area (Å²) >= 11 is 4.63. The van der Waals surface area contributed by atoms with E-state index in [1.165, 1.54) is 17.4 Å². The lowest BCUT2D eigenvalue weighted by Gasteiger charge is -1.99. The number of halogens is 2. The van der Waals surface area contributed by atoms with Crippen molar-refractivity contribution in [3.05, 3.63) is 39.6 Å². The van der Waals surface area contributed by atoms with Crippen LogP contribution in [0, 0.1) is 17.1 Å². The van der Waals surface area contributed by atoms with E-state index in [-0.39, 0.29) is 12.2 Å². The number of nitriles is 1. The molecule has 0 spiro atoms. The molecular formula is C11H6BrFN2S. The third-order valence-corrected chi connectivity index (χ3v) is 3.39. The van der Waals surface area contributed by atoms with Gasteiger partial charge in [-0.3, -0.25) is 0 Å². The molecule has 5 heteroatoms. The lowest BCUT2D eigenvalue weighted by atomic mass is 10.2. The maximum Gasteiger partial charge on any atom is 0.133 e. The number of rotatable bonds is 2. The van der Waals surface area contributed by atoms with E-state index in [9.17, 15) is 4.39 Å². The van der Waals surface area contributed by atoms with Gasteiger partial charge in [0.05, 0.1) is 18.2 Å². The van der Waals surface area contributed by atoms with E-state index in [4.69, 9.17) is 5.26 Å². The van der Waals surface area contributed by atoms with Crippen LogP contribution < -0.4 is 0 Å². The first-order valence-corrected chi connectivity index (χ1v) is 6.15. The molecule has 0 aliphatic heterocycles. The maximum atomic E-state index is 13.5. The Balaban J connectivity index is 2.42. The Morgan fingerprint density at radius 2 is 2.31 bits per heavy atom. The molecule has 0 bridgehead atoms. The number of benzene rings is 1. The molecule has 0 N–H and O–H groups in total. The zero-order chi connectivity index (χ0) is 11.5. The van der Waals surface area contributed by atoms with Gasteiger partial charge in [0.2, 0.25) is 0 Å². The summed E-state index contributed by atoms with van der Waals surface area (Å²) in [6.07, 6.45) is 0.256.